The minimum absolute atomic E-state index is 0. The number of carbonyl (C=O) groups excluding carboxylic acids is 1. The summed E-state index contributed by atoms with van der Waals surface area (Å²) in [6.45, 7) is 2.84. The summed E-state index contributed by atoms with van der Waals surface area (Å²) in [5, 5.41) is 11.0. The van der Waals surface area contributed by atoms with E-state index in [4.69, 9.17) is 0 Å². The Balaban J connectivity index is 0.00000182. The van der Waals surface area contributed by atoms with E-state index in [2.05, 4.69) is 31.5 Å². The molecule has 3 heterocycles. The number of thiazole rings is 1. The Morgan fingerprint density at radius 3 is 3.20 bits per heavy atom. The highest BCUT2D eigenvalue weighted by atomic mass is 35.5. The Morgan fingerprint density at radius 1 is 1.36 bits per heavy atom. The van der Waals surface area contributed by atoms with Crippen LogP contribution in [0.4, 0.5) is 5.69 Å². The molecule has 0 fully saturated rings. The van der Waals surface area contributed by atoms with Crippen molar-refractivity contribution in [2.45, 2.75) is 32.4 Å². The van der Waals surface area contributed by atoms with Crippen molar-refractivity contribution in [1.29, 1.82) is 0 Å². The average molecular weight is 378 g/mol. The van der Waals surface area contributed by atoms with Crippen LogP contribution in [0, 0.1) is 0 Å². The van der Waals surface area contributed by atoms with Crippen molar-refractivity contribution in [2.75, 3.05) is 11.9 Å². The molecule has 0 spiro atoms. The zero-order valence-corrected chi connectivity index (χ0v) is 15.3. The average Bonchev–Trinajstić information content (AvgIpc) is 3.14. The maximum Gasteiger partial charge on any atom is 0.224 e. The van der Waals surface area contributed by atoms with Crippen LogP contribution < -0.4 is 10.6 Å². The van der Waals surface area contributed by atoms with Gasteiger partial charge in [-0.1, -0.05) is 0 Å². The zero-order chi connectivity index (χ0) is 16.4. The van der Waals surface area contributed by atoms with Gasteiger partial charge in [-0.2, -0.15) is 5.10 Å². The molecule has 0 saturated heterocycles. The number of rotatable bonds is 4. The van der Waals surface area contributed by atoms with Gasteiger partial charge in [0.15, 0.2) is 0 Å². The molecule has 2 N–H and O–H groups in total. The van der Waals surface area contributed by atoms with E-state index in [1.54, 1.807) is 11.3 Å². The molecular weight excluding hydrogens is 358 g/mol. The number of benzene rings is 1. The van der Waals surface area contributed by atoms with E-state index in [1.807, 2.05) is 23.7 Å². The quantitative estimate of drug-likeness (QED) is 0.733. The first-order valence-electron chi connectivity index (χ1n) is 8.17. The van der Waals surface area contributed by atoms with Crippen LogP contribution >= 0.6 is 23.7 Å². The summed E-state index contributed by atoms with van der Waals surface area (Å²) in [5.74, 6) is 0.0141. The summed E-state index contributed by atoms with van der Waals surface area (Å²) < 4.78 is 3.14. The number of nitrogens with zero attached hydrogens (tertiary/aromatic N) is 3. The van der Waals surface area contributed by atoms with Crippen molar-refractivity contribution in [3.63, 3.8) is 0 Å². The lowest BCUT2D eigenvalue weighted by Gasteiger charge is -2.04. The molecule has 2 aromatic heterocycles. The van der Waals surface area contributed by atoms with Crippen LogP contribution in [0.15, 0.2) is 29.8 Å². The fraction of sp³-hybridized carbons (Fsp3) is 0.353. The van der Waals surface area contributed by atoms with Crippen LogP contribution in [0.2, 0.25) is 0 Å². The maximum absolute atomic E-state index is 12.2. The van der Waals surface area contributed by atoms with Gasteiger partial charge in [0.05, 0.1) is 27.1 Å². The highest BCUT2D eigenvalue weighted by Gasteiger charge is 2.12. The SMILES string of the molecule is Cl.O=C(CCc1cc2n(n1)CCCNC2)Nc1ccc2ncsc2c1. The Morgan fingerprint density at radius 2 is 2.28 bits per heavy atom. The normalized spacial score (nSPS) is 13.8. The summed E-state index contributed by atoms with van der Waals surface area (Å²) in [4.78, 5) is 16.4. The Bertz CT molecular complexity index is 851. The molecule has 8 heteroatoms. The molecule has 25 heavy (non-hydrogen) atoms. The molecule has 6 nitrogen and oxygen atoms in total. The third-order valence-corrected chi connectivity index (χ3v) is 4.96. The molecule has 0 aliphatic carbocycles. The number of aromatic nitrogens is 3. The van der Waals surface area contributed by atoms with E-state index in [1.165, 1.54) is 5.69 Å². The number of carbonyl (C=O) groups is 1. The van der Waals surface area contributed by atoms with Gasteiger partial charge < -0.3 is 10.6 Å². The lowest BCUT2D eigenvalue weighted by molar-refractivity contribution is -0.116. The largest absolute Gasteiger partial charge is 0.326 e. The lowest BCUT2D eigenvalue weighted by atomic mass is 10.2. The fourth-order valence-electron chi connectivity index (χ4n) is 2.94. The van der Waals surface area contributed by atoms with Crippen molar-refractivity contribution < 1.29 is 4.79 Å². The van der Waals surface area contributed by atoms with Crippen molar-refractivity contribution >= 4 is 45.6 Å². The summed E-state index contributed by atoms with van der Waals surface area (Å²) in [6.07, 6.45) is 2.19. The maximum atomic E-state index is 12.2. The van der Waals surface area contributed by atoms with Gasteiger partial charge in [-0.15, -0.1) is 23.7 Å². The number of fused-ring (bicyclic) bond motifs is 2. The second kappa shape index (κ2) is 7.95. The number of nitrogens with one attached hydrogen (secondary N) is 2. The van der Waals surface area contributed by atoms with Gasteiger partial charge in [0, 0.05) is 31.6 Å². The summed E-state index contributed by atoms with van der Waals surface area (Å²) in [5.41, 5.74) is 5.79. The molecule has 0 saturated carbocycles. The van der Waals surface area contributed by atoms with Crippen molar-refractivity contribution in [3.8, 4) is 0 Å². The number of halogens is 1. The Kier molecular flexibility index (Phi) is 5.67. The third kappa shape index (κ3) is 4.18. The molecule has 4 rings (SSSR count). The first-order chi connectivity index (χ1) is 11.8. The molecule has 1 aliphatic heterocycles. The number of hydrogen-bond acceptors (Lipinski definition) is 5. The predicted octanol–water partition coefficient (Wildman–Crippen LogP) is 2.98. The topological polar surface area (TPSA) is 71.8 Å². The molecular formula is C17H20ClN5OS. The first-order valence-corrected chi connectivity index (χ1v) is 9.05. The number of amides is 1. The Hall–Kier alpha value is -1.96. The summed E-state index contributed by atoms with van der Waals surface area (Å²) in [6, 6.07) is 7.90. The van der Waals surface area contributed by atoms with E-state index >= 15 is 0 Å². The molecule has 1 aliphatic rings. The van der Waals surface area contributed by atoms with Gasteiger partial charge in [0.1, 0.15) is 0 Å². The number of aryl methyl sites for hydroxylation is 2. The molecule has 0 atom stereocenters. The third-order valence-electron chi connectivity index (χ3n) is 4.17. The Labute approximate surface area is 156 Å². The summed E-state index contributed by atoms with van der Waals surface area (Å²) in [7, 11) is 0. The van der Waals surface area contributed by atoms with Gasteiger partial charge in [0.2, 0.25) is 5.91 Å². The van der Waals surface area contributed by atoms with Crippen LogP contribution in [0.3, 0.4) is 0 Å². The minimum atomic E-state index is 0. The van der Waals surface area contributed by atoms with E-state index in [0.29, 0.717) is 12.8 Å². The second-order valence-electron chi connectivity index (χ2n) is 5.96. The standard InChI is InChI=1S/C17H19N5OS.ClH/c23-17(20-12-2-4-15-16(9-12)24-11-19-15)5-3-13-8-14-10-18-6-1-7-22(14)21-13;/h2,4,8-9,11,18H,1,3,5-7,10H2,(H,20,23);1H. The molecule has 3 aromatic rings. The number of hydrogen-bond donors (Lipinski definition) is 2. The van der Waals surface area contributed by atoms with E-state index in [-0.39, 0.29) is 18.3 Å². The first kappa shape index (κ1) is 17.8. The van der Waals surface area contributed by atoms with Crippen molar-refractivity contribution in [3.05, 3.63) is 41.2 Å². The lowest BCUT2D eigenvalue weighted by Crippen LogP contribution is -2.12. The van der Waals surface area contributed by atoms with Gasteiger partial charge in [0.25, 0.3) is 0 Å². The van der Waals surface area contributed by atoms with E-state index in [0.717, 1.165) is 47.7 Å². The second-order valence-corrected chi connectivity index (χ2v) is 6.85. The highest BCUT2D eigenvalue weighted by Crippen LogP contribution is 2.22. The predicted molar refractivity (Wildman–Crippen MR) is 102 cm³/mol. The molecule has 0 radical (unpaired) electrons. The fourth-order valence-corrected chi connectivity index (χ4v) is 3.66. The van der Waals surface area contributed by atoms with Crippen LogP contribution in [0.25, 0.3) is 10.2 Å². The van der Waals surface area contributed by atoms with Gasteiger partial charge in [-0.25, -0.2) is 4.98 Å². The van der Waals surface area contributed by atoms with Gasteiger partial charge in [-0.3, -0.25) is 9.48 Å². The number of anilines is 1. The van der Waals surface area contributed by atoms with Crippen molar-refractivity contribution in [1.82, 2.24) is 20.1 Å². The van der Waals surface area contributed by atoms with Crippen LogP contribution in [0.1, 0.15) is 24.2 Å². The molecule has 0 unspecified atom stereocenters. The van der Waals surface area contributed by atoms with E-state index < -0.39 is 0 Å². The molecule has 132 valence electrons. The molecule has 1 aromatic carbocycles. The summed E-state index contributed by atoms with van der Waals surface area (Å²) >= 11 is 1.57. The zero-order valence-electron chi connectivity index (χ0n) is 13.7. The van der Waals surface area contributed by atoms with Gasteiger partial charge in [-0.05, 0) is 37.2 Å². The van der Waals surface area contributed by atoms with E-state index in [9.17, 15) is 4.79 Å². The van der Waals surface area contributed by atoms with Crippen LogP contribution in [0.5, 0.6) is 0 Å². The highest BCUT2D eigenvalue weighted by molar-refractivity contribution is 7.16. The van der Waals surface area contributed by atoms with Gasteiger partial charge >= 0.3 is 0 Å². The molecule has 1 amide bonds. The monoisotopic (exact) mass is 377 g/mol. The van der Waals surface area contributed by atoms with Crippen LogP contribution in [-0.4, -0.2) is 27.2 Å². The van der Waals surface area contributed by atoms with Crippen LogP contribution in [-0.2, 0) is 24.3 Å². The van der Waals surface area contributed by atoms with Crippen molar-refractivity contribution in [2.24, 2.45) is 0 Å². The smallest absolute Gasteiger partial charge is 0.224 e. The minimum Gasteiger partial charge on any atom is -0.326 e. The molecule has 0 bridgehead atoms.